The van der Waals surface area contributed by atoms with Crippen LogP contribution in [0.4, 0.5) is 8.78 Å². The highest BCUT2D eigenvalue weighted by molar-refractivity contribution is 5.96. The standard InChI is InChI=1S/C21H20F2N4O/c22-16-6-5-12(7-17(16)23)15-9-18(15)26-21(28)13-8-19-20(24-10-13)27(11-25-19)14-3-1-2-4-14/h5-8,10-11,14-15,18H,1-4,9H2,(H,26,28)/t15-,18+/m1/s1. The van der Waals surface area contributed by atoms with Gasteiger partial charge in [0.25, 0.3) is 5.91 Å². The van der Waals surface area contributed by atoms with Crippen molar-refractivity contribution >= 4 is 17.1 Å². The number of pyridine rings is 1. The molecule has 2 aromatic heterocycles. The number of hydrogen-bond donors (Lipinski definition) is 1. The summed E-state index contributed by atoms with van der Waals surface area (Å²) >= 11 is 0. The number of nitrogens with zero attached hydrogens (tertiary/aromatic N) is 3. The van der Waals surface area contributed by atoms with Crippen LogP contribution in [-0.4, -0.2) is 26.5 Å². The van der Waals surface area contributed by atoms with E-state index in [0.717, 1.165) is 24.6 Å². The van der Waals surface area contributed by atoms with Crippen LogP contribution in [0, 0.1) is 11.6 Å². The Kier molecular flexibility index (Phi) is 4.10. The van der Waals surface area contributed by atoms with E-state index in [9.17, 15) is 13.6 Å². The van der Waals surface area contributed by atoms with Crippen molar-refractivity contribution in [3.63, 3.8) is 0 Å². The van der Waals surface area contributed by atoms with Gasteiger partial charge in [0.15, 0.2) is 17.3 Å². The van der Waals surface area contributed by atoms with Crippen LogP contribution in [0.25, 0.3) is 11.2 Å². The Morgan fingerprint density at radius 1 is 1.11 bits per heavy atom. The topological polar surface area (TPSA) is 59.8 Å². The average Bonchev–Trinajstić information content (AvgIpc) is 3.08. The Morgan fingerprint density at radius 2 is 1.93 bits per heavy atom. The molecule has 0 spiro atoms. The molecule has 0 saturated heterocycles. The fourth-order valence-electron chi connectivity index (χ4n) is 4.21. The number of rotatable bonds is 4. The number of fused-ring (bicyclic) bond motifs is 1. The monoisotopic (exact) mass is 382 g/mol. The van der Waals surface area contributed by atoms with Crippen LogP contribution in [0.15, 0.2) is 36.8 Å². The van der Waals surface area contributed by atoms with Crippen LogP contribution in [0.5, 0.6) is 0 Å². The van der Waals surface area contributed by atoms with Gasteiger partial charge in [-0.1, -0.05) is 18.9 Å². The van der Waals surface area contributed by atoms with Crippen molar-refractivity contribution in [2.75, 3.05) is 0 Å². The summed E-state index contributed by atoms with van der Waals surface area (Å²) in [5.74, 6) is -1.93. The average molecular weight is 382 g/mol. The number of halogens is 2. The van der Waals surface area contributed by atoms with Crippen molar-refractivity contribution in [2.24, 2.45) is 0 Å². The van der Waals surface area contributed by atoms with Crippen molar-refractivity contribution in [1.29, 1.82) is 0 Å². The first-order chi connectivity index (χ1) is 13.6. The lowest BCUT2D eigenvalue weighted by atomic mass is 10.1. The molecular formula is C21H20F2N4O. The number of carbonyl (C=O) groups is 1. The van der Waals surface area contributed by atoms with Gasteiger partial charge in [0.05, 0.1) is 11.9 Å². The zero-order chi connectivity index (χ0) is 19.3. The largest absolute Gasteiger partial charge is 0.349 e. The molecule has 2 aliphatic rings. The molecular weight excluding hydrogens is 362 g/mol. The second-order valence-corrected chi connectivity index (χ2v) is 7.75. The minimum Gasteiger partial charge on any atom is -0.349 e. The maximum Gasteiger partial charge on any atom is 0.253 e. The van der Waals surface area contributed by atoms with Crippen molar-refractivity contribution < 1.29 is 13.6 Å². The van der Waals surface area contributed by atoms with Crippen molar-refractivity contribution in [3.8, 4) is 0 Å². The van der Waals surface area contributed by atoms with Gasteiger partial charge >= 0.3 is 0 Å². The number of hydrogen-bond acceptors (Lipinski definition) is 3. The third-order valence-electron chi connectivity index (χ3n) is 5.87. The van der Waals surface area contributed by atoms with Crippen molar-refractivity contribution in [3.05, 3.63) is 59.6 Å². The van der Waals surface area contributed by atoms with E-state index in [1.165, 1.54) is 18.9 Å². The van der Waals surface area contributed by atoms with E-state index in [4.69, 9.17) is 0 Å². The molecule has 0 unspecified atom stereocenters. The Morgan fingerprint density at radius 3 is 2.71 bits per heavy atom. The van der Waals surface area contributed by atoms with Gasteiger partial charge in [-0.2, -0.15) is 0 Å². The van der Waals surface area contributed by atoms with E-state index in [-0.39, 0.29) is 17.9 Å². The van der Waals surface area contributed by atoms with E-state index >= 15 is 0 Å². The summed E-state index contributed by atoms with van der Waals surface area (Å²) in [6.07, 6.45) is 8.85. The lowest BCUT2D eigenvalue weighted by molar-refractivity contribution is 0.0950. The molecule has 1 amide bonds. The van der Waals surface area contributed by atoms with Gasteiger partial charge in [0.2, 0.25) is 0 Å². The summed E-state index contributed by atoms with van der Waals surface area (Å²) in [5, 5.41) is 2.95. The molecule has 0 bridgehead atoms. The summed E-state index contributed by atoms with van der Waals surface area (Å²) in [7, 11) is 0. The molecule has 2 atom stereocenters. The molecule has 7 heteroatoms. The summed E-state index contributed by atoms with van der Waals surface area (Å²) in [5.41, 5.74) is 2.69. The highest BCUT2D eigenvalue weighted by Gasteiger charge is 2.40. The van der Waals surface area contributed by atoms with Gasteiger partial charge in [-0.15, -0.1) is 0 Å². The third kappa shape index (κ3) is 3.04. The number of carbonyl (C=O) groups excluding carboxylic acids is 1. The van der Waals surface area contributed by atoms with Crippen LogP contribution in [-0.2, 0) is 0 Å². The second kappa shape index (κ2) is 6.65. The zero-order valence-electron chi connectivity index (χ0n) is 15.2. The molecule has 0 radical (unpaired) electrons. The van der Waals surface area contributed by atoms with E-state index in [1.807, 2.05) is 6.33 Å². The molecule has 5 rings (SSSR count). The van der Waals surface area contributed by atoms with Gasteiger partial charge in [-0.25, -0.2) is 18.7 Å². The fraction of sp³-hybridized carbons (Fsp3) is 0.381. The smallest absolute Gasteiger partial charge is 0.253 e. The molecule has 28 heavy (non-hydrogen) atoms. The van der Waals surface area contributed by atoms with Gasteiger partial charge in [-0.3, -0.25) is 4.79 Å². The van der Waals surface area contributed by atoms with Crippen LogP contribution < -0.4 is 5.32 Å². The first kappa shape index (κ1) is 17.3. The maximum absolute atomic E-state index is 13.4. The maximum atomic E-state index is 13.4. The highest BCUT2D eigenvalue weighted by Crippen LogP contribution is 2.41. The SMILES string of the molecule is O=C(N[C@H]1C[C@@H]1c1ccc(F)c(F)c1)c1cnc2c(c1)ncn2C1CCCC1. The van der Waals surface area contributed by atoms with Crippen molar-refractivity contribution in [1.82, 2.24) is 19.9 Å². The molecule has 1 N–H and O–H groups in total. The normalized spacial score (nSPS) is 21.9. The van der Waals surface area contributed by atoms with Crippen LogP contribution in [0.2, 0.25) is 0 Å². The van der Waals surface area contributed by atoms with Crippen molar-refractivity contribution in [2.45, 2.75) is 50.1 Å². The predicted molar refractivity (Wildman–Crippen MR) is 100 cm³/mol. The lowest BCUT2D eigenvalue weighted by Crippen LogP contribution is -2.26. The van der Waals surface area contributed by atoms with E-state index < -0.39 is 11.6 Å². The predicted octanol–water partition coefficient (Wildman–Crippen LogP) is 4.11. The Bertz CT molecular complexity index is 1060. The number of benzene rings is 1. The molecule has 2 heterocycles. The van der Waals surface area contributed by atoms with Gasteiger partial charge < -0.3 is 9.88 Å². The van der Waals surface area contributed by atoms with Gasteiger partial charge in [0.1, 0.15) is 5.52 Å². The molecule has 3 aromatic rings. The Hall–Kier alpha value is -2.83. The summed E-state index contributed by atoms with van der Waals surface area (Å²) in [4.78, 5) is 21.5. The van der Waals surface area contributed by atoms with Gasteiger partial charge in [-0.05, 0) is 43.0 Å². The summed E-state index contributed by atoms with van der Waals surface area (Å²) in [6, 6.07) is 6.02. The van der Waals surface area contributed by atoms with E-state index in [2.05, 4.69) is 19.9 Å². The highest BCUT2D eigenvalue weighted by atomic mass is 19.2. The first-order valence-corrected chi connectivity index (χ1v) is 9.68. The molecule has 144 valence electrons. The van der Waals surface area contributed by atoms with E-state index in [0.29, 0.717) is 29.1 Å². The first-order valence-electron chi connectivity index (χ1n) is 9.68. The number of nitrogens with one attached hydrogen (secondary N) is 1. The minimum absolute atomic E-state index is 0.0114. The van der Waals surface area contributed by atoms with Crippen LogP contribution >= 0.6 is 0 Å². The summed E-state index contributed by atoms with van der Waals surface area (Å²) in [6.45, 7) is 0. The summed E-state index contributed by atoms with van der Waals surface area (Å²) < 4.78 is 28.6. The Balaban J connectivity index is 1.29. The molecule has 1 aromatic carbocycles. The van der Waals surface area contributed by atoms with Crippen LogP contribution in [0.3, 0.4) is 0 Å². The van der Waals surface area contributed by atoms with Gasteiger partial charge in [0, 0.05) is 24.2 Å². The number of aromatic nitrogens is 3. The number of amides is 1. The molecule has 2 fully saturated rings. The fourth-order valence-corrected chi connectivity index (χ4v) is 4.21. The zero-order valence-corrected chi connectivity index (χ0v) is 15.2. The molecule has 2 saturated carbocycles. The molecule has 2 aliphatic carbocycles. The second-order valence-electron chi connectivity index (χ2n) is 7.75. The molecule has 5 nitrogen and oxygen atoms in total. The van der Waals surface area contributed by atoms with Crippen LogP contribution in [0.1, 0.15) is 60.0 Å². The lowest BCUT2D eigenvalue weighted by Gasteiger charge is -2.11. The third-order valence-corrected chi connectivity index (χ3v) is 5.87. The quantitative estimate of drug-likeness (QED) is 0.739. The Labute approximate surface area is 160 Å². The number of imidazole rings is 1. The molecule has 0 aliphatic heterocycles. The minimum atomic E-state index is -0.860. The van der Waals surface area contributed by atoms with E-state index in [1.54, 1.807) is 18.3 Å².